The van der Waals surface area contributed by atoms with Crippen LogP contribution in [-0.2, 0) is 4.79 Å². The van der Waals surface area contributed by atoms with E-state index in [0.717, 1.165) is 18.6 Å². The van der Waals surface area contributed by atoms with Gasteiger partial charge in [0.15, 0.2) is 5.84 Å². The largest absolute Gasteiger partial charge is 0.409 e. The zero-order valence-corrected chi connectivity index (χ0v) is 11.6. The molecule has 0 saturated heterocycles. The van der Waals surface area contributed by atoms with Gasteiger partial charge in [-0.15, -0.1) is 0 Å². The number of nitrogens with two attached hydrogens (primary N) is 1. The summed E-state index contributed by atoms with van der Waals surface area (Å²) in [4.78, 5) is 12.0. The van der Waals surface area contributed by atoms with E-state index in [0.29, 0.717) is 6.42 Å². The van der Waals surface area contributed by atoms with Crippen molar-refractivity contribution in [1.82, 2.24) is 5.32 Å². The van der Waals surface area contributed by atoms with Crippen LogP contribution in [0.3, 0.4) is 0 Å². The average molecular weight is 261 g/mol. The highest BCUT2D eigenvalue weighted by molar-refractivity contribution is 7.98. The molecule has 4 N–H and O–H groups in total. The smallest absolute Gasteiger partial charge is 0.231 e. The van der Waals surface area contributed by atoms with Crippen molar-refractivity contribution >= 4 is 23.5 Å². The summed E-state index contributed by atoms with van der Waals surface area (Å²) in [6, 6.07) is 0.142. The summed E-state index contributed by atoms with van der Waals surface area (Å²) in [5.41, 5.74) is 5.53. The molecule has 0 aliphatic carbocycles. The summed E-state index contributed by atoms with van der Waals surface area (Å²) in [6.07, 6.45) is 4.29. The molecule has 2 atom stereocenters. The van der Waals surface area contributed by atoms with E-state index < -0.39 is 5.92 Å². The zero-order valence-electron chi connectivity index (χ0n) is 10.8. The summed E-state index contributed by atoms with van der Waals surface area (Å²) in [5.74, 6) is 0.185. The average Bonchev–Trinajstić information content (AvgIpc) is 2.34. The van der Waals surface area contributed by atoms with Crippen molar-refractivity contribution in [1.29, 1.82) is 0 Å². The Bertz CT molecular complexity index is 259. The van der Waals surface area contributed by atoms with Crippen LogP contribution in [0.15, 0.2) is 5.16 Å². The van der Waals surface area contributed by atoms with E-state index in [1.165, 1.54) is 0 Å². The lowest BCUT2D eigenvalue weighted by atomic mass is 10.0. The second kappa shape index (κ2) is 9.15. The van der Waals surface area contributed by atoms with Crippen molar-refractivity contribution in [3.63, 3.8) is 0 Å². The van der Waals surface area contributed by atoms with Gasteiger partial charge < -0.3 is 16.3 Å². The molecule has 0 saturated carbocycles. The third-order valence-electron chi connectivity index (χ3n) is 2.57. The van der Waals surface area contributed by atoms with E-state index in [9.17, 15) is 4.79 Å². The van der Waals surface area contributed by atoms with E-state index >= 15 is 0 Å². The number of carbonyl (C=O) groups is 1. The molecule has 0 bridgehead atoms. The molecule has 100 valence electrons. The van der Waals surface area contributed by atoms with Crippen LogP contribution in [0.4, 0.5) is 0 Å². The van der Waals surface area contributed by atoms with Crippen molar-refractivity contribution in [2.45, 2.75) is 39.2 Å². The topological polar surface area (TPSA) is 87.7 Å². The van der Waals surface area contributed by atoms with Crippen LogP contribution in [0.25, 0.3) is 0 Å². The summed E-state index contributed by atoms with van der Waals surface area (Å²) in [6.45, 7) is 3.99. The Hall–Kier alpha value is -0.910. The first-order valence-corrected chi connectivity index (χ1v) is 7.26. The maximum Gasteiger partial charge on any atom is 0.231 e. The van der Waals surface area contributed by atoms with Gasteiger partial charge in [-0.05, 0) is 19.1 Å². The molecular formula is C11H23N3O2S. The number of rotatable bonds is 8. The van der Waals surface area contributed by atoms with Crippen LogP contribution in [0.2, 0.25) is 0 Å². The van der Waals surface area contributed by atoms with Crippen LogP contribution >= 0.6 is 11.8 Å². The Kier molecular flexibility index (Phi) is 8.66. The minimum absolute atomic E-state index is 0.0108. The van der Waals surface area contributed by atoms with Crippen molar-refractivity contribution in [3.05, 3.63) is 0 Å². The summed E-state index contributed by atoms with van der Waals surface area (Å²) in [7, 11) is 0. The first-order chi connectivity index (χ1) is 8.10. The highest BCUT2D eigenvalue weighted by Crippen LogP contribution is 2.09. The number of hydrogen-bond donors (Lipinski definition) is 3. The van der Waals surface area contributed by atoms with Gasteiger partial charge in [-0.1, -0.05) is 25.4 Å². The molecular weight excluding hydrogens is 238 g/mol. The minimum Gasteiger partial charge on any atom is -0.409 e. The first-order valence-electron chi connectivity index (χ1n) is 5.87. The Morgan fingerprint density at radius 3 is 2.59 bits per heavy atom. The lowest BCUT2D eigenvalue weighted by Crippen LogP contribution is -2.44. The van der Waals surface area contributed by atoms with Gasteiger partial charge in [0.05, 0.1) is 5.92 Å². The summed E-state index contributed by atoms with van der Waals surface area (Å²) in [5, 5.41) is 14.5. The molecule has 0 aromatic carbocycles. The van der Waals surface area contributed by atoms with Crippen LogP contribution in [0, 0.1) is 5.92 Å². The molecule has 0 aromatic heterocycles. The van der Waals surface area contributed by atoms with Gasteiger partial charge in [0.1, 0.15) is 0 Å². The molecule has 0 aromatic rings. The van der Waals surface area contributed by atoms with Gasteiger partial charge in [-0.3, -0.25) is 4.79 Å². The normalized spacial score (nSPS) is 15.4. The third-order valence-corrected chi connectivity index (χ3v) is 3.31. The maximum atomic E-state index is 12.0. The number of hydrogen-bond acceptors (Lipinski definition) is 4. The Labute approximate surface area is 107 Å². The second-order valence-electron chi connectivity index (χ2n) is 3.94. The van der Waals surface area contributed by atoms with E-state index in [4.69, 9.17) is 10.9 Å². The predicted molar refractivity (Wildman–Crippen MR) is 72.4 cm³/mol. The highest BCUT2D eigenvalue weighted by Gasteiger charge is 2.23. The summed E-state index contributed by atoms with van der Waals surface area (Å²) < 4.78 is 0. The van der Waals surface area contributed by atoms with Gasteiger partial charge in [-0.2, -0.15) is 11.8 Å². The first kappa shape index (κ1) is 16.1. The maximum absolute atomic E-state index is 12.0. The molecule has 0 heterocycles. The van der Waals surface area contributed by atoms with Crippen LogP contribution in [-0.4, -0.2) is 35.0 Å². The number of nitrogens with zero attached hydrogens (tertiary/aromatic N) is 1. The summed E-state index contributed by atoms with van der Waals surface area (Å²) >= 11 is 1.69. The van der Waals surface area contributed by atoms with Gasteiger partial charge in [-0.25, -0.2) is 0 Å². The van der Waals surface area contributed by atoms with Crippen molar-refractivity contribution in [2.24, 2.45) is 16.8 Å². The van der Waals surface area contributed by atoms with Crippen molar-refractivity contribution in [3.8, 4) is 0 Å². The van der Waals surface area contributed by atoms with Crippen LogP contribution in [0.5, 0.6) is 0 Å². The van der Waals surface area contributed by atoms with Crippen molar-refractivity contribution in [2.75, 3.05) is 12.0 Å². The third kappa shape index (κ3) is 5.81. The van der Waals surface area contributed by atoms with E-state index in [2.05, 4.69) is 10.5 Å². The molecule has 6 heteroatoms. The minimum atomic E-state index is -0.527. The fraction of sp³-hybridized carbons (Fsp3) is 0.818. The molecule has 0 spiro atoms. The SMILES string of the molecule is CCCC(C(=O)NC(CC)CSC)C(N)=NO. The Morgan fingerprint density at radius 1 is 1.53 bits per heavy atom. The highest BCUT2D eigenvalue weighted by atomic mass is 32.2. The van der Waals surface area contributed by atoms with E-state index in [1.54, 1.807) is 11.8 Å². The zero-order chi connectivity index (χ0) is 13.3. The molecule has 0 aliphatic heterocycles. The fourth-order valence-corrected chi connectivity index (χ4v) is 2.26. The number of amides is 1. The molecule has 0 aliphatic rings. The van der Waals surface area contributed by atoms with Gasteiger partial charge in [0.25, 0.3) is 0 Å². The van der Waals surface area contributed by atoms with Crippen LogP contribution < -0.4 is 11.1 Å². The van der Waals surface area contributed by atoms with E-state index in [-0.39, 0.29) is 17.8 Å². The Morgan fingerprint density at radius 2 is 2.18 bits per heavy atom. The van der Waals surface area contributed by atoms with Gasteiger partial charge >= 0.3 is 0 Å². The molecule has 0 radical (unpaired) electrons. The molecule has 1 amide bonds. The standard InChI is InChI=1S/C11H23N3O2S/c1-4-6-9(10(12)14-16)11(15)13-8(5-2)7-17-3/h8-9,16H,4-7H2,1-3H3,(H2,12,14)(H,13,15). The molecule has 0 rings (SSSR count). The molecule has 5 nitrogen and oxygen atoms in total. The lowest BCUT2D eigenvalue weighted by Gasteiger charge is -2.20. The molecule has 17 heavy (non-hydrogen) atoms. The number of oxime groups is 1. The predicted octanol–water partition coefficient (Wildman–Crippen LogP) is 1.41. The molecule has 2 unspecified atom stereocenters. The van der Waals surface area contributed by atoms with Crippen LogP contribution in [0.1, 0.15) is 33.1 Å². The van der Waals surface area contributed by atoms with Gasteiger partial charge in [0, 0.05) is 11.8 Å². The second-order valence-corrected chi connectivity index (χ2v) is 4.85. The molecule has 0 fully saturated rings. The number of amidine groups is 1. The number of carbonyl (C=O) groups excluding carboxylic acids is 1. The van der Waals surface area contributed by atoms with Crippen molar-refractivity contribution < 1.29 is 10.0 Å². The quantitative estimate of drug-likeness (QED) is 0.267. The van der Waals surface area contributed by atoms with E-state index in [1.807, 2.05) is 20.1 Å². The fourth-order valence-electron chi connectivity index (χ4n) is 1.54. The van der Waals surface area contributed by atoms with Gasteiger partial charge in [0.2, 0.25) is 5.91 Å². The lowest BCUT2D eigenvalue weighted by molar-refractivity contribution is -0.123. The Balaban J connectivity index is 4.50. The monoisotopic (exact) mass is 261 g/mol. The number of nitrogens with one attached hydrogen (secondary N) is 1. The number of thioether (sulfide) groups is 1.